The van der Waals surface area contributed by atoms with Crippen LogP contribution in [-0.4, -0.2) is 33.0 Å². The number of aromatic nitrogens is 1. The van der Waals surface area contributed by atoms with E-state index in [9.17, 15) is 14.4 Å². The highest BCUT2D eigenvalue weighted by atomic mass is 16.4. The summed E-state index contributed by atoms with van der Waals surface area (Å²) in [6.45, 7) is 0. The summed E-state index contributed by atoms with van der Waals surface area (Å²) in [5.41, 5.74) is 0.504. The maximum atomic E-state index is 11.9. The second-order valence-corrected chi connectivity index (χ2v) is 4.45. The molecule has 1 heterocycles. The highest BCUT2D eigenvalue weighted by molar-refractivity contribution is 6.06. The Morgan fingerprint density at radius 1 is 1.04 bits per heavy atom. The van der Waals surface area contributed by atoms with E-state index in [1.54, 1.807) is 18.2 Å². The minimum atomic E-state index is -1.17. The lowest BCUT2D eigenvalue weighted by Gasteiger charge is -2.05. The lowest BCUT2D eigenvalue weighted by Crippen LogP contribution is -2.11. The third kappa shape index (κ3) is 4.24. The van der Waals surface area contributed by atoms with E-state index >= 15 is 0 Å². The summed E-state index contributed by atoms with van der Waals surface area (Å²) < 4.78 is 0. The number of pyridine rings is 1. The SMILES string of the molecule is O=C(/C=C/c1ccnc(C(=O)O)c1)Nc1ccccc1C(=O)O. The van der Waals surface area contributed by atoms with Crippen molar-refractivity contribution in [3.8, 4) is 0 Å². The van der Waals surface area contributed by atoms with E-state index < -0.39 is 17.8 Å². The molecule has 2 rings (SSSR count). The summed E-state index contributed by atoms with van der Waals surface area (Å²) in [5, 5.41) is 20.3. The quantitative estimate of drug-likeness (QED) is 0.728. The molecule has 0 aliphatic heterocycles. The molecule has 0 aliphatic rings. The van der Waals surface area contributed by atoms with Crippen molar-refractivity contribution in [2.75, 3.05) is 5.32 Å². The van der Waals surface area contributed by atoms with Gasteiger partial charge < -0.3 is 15.5 Å². The molecule has 2 aromatic rings. The summed E-state index contributed by atoms with van der Waals surface area (Å²) in [6.07, 6.45) is 3.91. The van der Waals surface area contributed by atoms with Gasteiger partial charge in [0.1, 0.15) is 5.69 Å². The number of rotatable bonds is 5. The number of aromatic carboxylic acids is 2. The minimum Gasteiger partial charge on any atom is -0.478 e. The third-order valence-corrected chi connectivity index (χ3v) is 2.85. The number of carbonyl (C=O) groups is 3. The Bertz CT molecular complexity index is 799. The maximum Gasteiger partial charge on any atom is 0.354 e. The molecule has 0 fully saturated rings. The number of carbonyl (C=O) groups excluding carboxylic acids is 1. The van der Waals surface area contributed by atoms with Gasteiger partial charge >= 0.3 is 11.9 Å². The topological polar surface area (TPSA) is 117 Å². The Balaban J connectivity index is 2.12. The Kier molecular flexibility index (Phi) is 4.83. The van der Waals surface area contributed by atoms with Gasteiger partial charge in [-0.2, -0.15) is 0 Å². The van der Waals surface area contributed by atoms with Crippen molar-refractivity contribution in [2.24, 2.45) is 0 Å². The van der Waals surface area contributed by atoms with Gasteiger partial charge in [0.05, 0.1) is 11.3 Å². The Labute approximate surface area is 130 Å². The lowest BCUT2D eigenvalue weighted by atomic mass is 10.1. The molecule has 7 nitrogen and oxygen atoms in total. The molecule has 0 bridgehead atoms. The average Bonchev–Trinajstić information content (AvgIpc) is 2.53. The maximum absolute atomic E-state index is 11.9. The van der Waals surface area contributed by atoms with E-state index in [4.69, 9.17) is 10.2 Å². The van der Waals surface area contributed by atoms with Gasteiger partial charge in [0, 0.05) is 12.3 Å². The number of benzene rings is 1. The predicted molar refractivity (Wildman–Crippen MR) is 82.3 cm³/mol. The first-order chi connectivity index (χ1) is 11.0. The van der Waals surface area contributed by atoms with Crippen LogP contribution >= 0.6 is 0 Å². The highest BCUT2D eigenvalue weighted by Gasteiger charge is 2.10. The van der Waals surface area contributed by atoms with Gasteiger partial charge in [0.25, 0.3) is 0 Å². The first kappa shape index (κ1) is 15.9. The number of anilines is 1. The first-order valence-electron chi connectivity index (χ1n) is 6.48. The Hall–Kier alpha value is -3.48. The third-order valence-electron chi connectivity index (χ3n) is 2.85. The van der Waals surface area contributed by atoms with Crippen LogP contribution in [-0.2, 0) is 4.79 Å². The van der Waals surface area contributed by atoms with Crippen molar-refractivity contribution in [1.82, 2.24) is 4.98 Å². The normalized spacial score (nSPS) is 10.4. The van der Waals surface area contributed by atoms with Gasteiger partial charge in [-0.15, -0.1) is 0 Å². The van der Waals surface area contributed by atoms with Gasteiger partial charge in [0.2, 0.25) is 5.91 Å². The highest BCUT2D eigenvalue weighted by Crippen LogP contribution is 2.15. The van der Waals surface area contributed by atoms with Crippen LogP contribution in [0.5, 0.6) is 0 Å². The van der Waals surface area contributed by atoms with Crippen LogP contribution < -0.4 is 5.32 Å². The van der Waals surface area contributed by atoms with Crippen molar-refractivity contribution in [3.05, 3.63) is 65.5 Å². The number of carboxylic acid groups (broad SMARTS) is 2. The Morgan fingerprint density at radius 2 is 1.78 bits per heavy atom. The van der Waals surface area contributed by atoms with Crippen LogP contribution in [0.15, 0.2) is 48.7 Å². The molecule has 0 saturated carbocycles. The first-order valence-corrected chi connectivity index (χ1v) is 6.48. The van der Waals surface area contributed by atoms with E-state index in [0.717, 1.165) is 0 Å². The molecule has 23 heavy (non-hydrogen) atoms. The number of nitrogens with zero attached hydrogens (tertiary/aromatic N) is 1. The van der Waals surface area contributed by atoms with Crippen molar-refractivity contribution < 1.29 is 24.6 Å². The molecule has 0 unspecified atom stereocenters. The van der Waals surface area contributed by atoms with Crippen LogP contribution in [0.3, 0.4) is 0 Å². The van der Waals surface area contributed by atoms with E-state index in [1.807, 2.05) is 0 Å². The van der Waals surface area contributed by atoms with Crippen molar-refractivity contribution in [3.63, 3.8) is 0 Å². The largest absolute Gasteiger partial charge is 0.478 e. The number of amides is 1. The van der Waals surface area contributed by atoms with E-state index in [1.165, 1.54) is 36.5 Å². The van der Waals surface area contributed by atoms with Crippen LogP contribution in [0.25, 0.3) is 6.08 Å². The average molecular weight is 312 g/mol. The smallest absolute Gasteiger partial charge is 0.354 e. The molecule has 0 aliphatic carbocycles. The molecule has 0 atom stereocenters. The van der Waals surface area contributed by atoms with Crippen molar-refractivity contribution in [2.45, 2.75) is 0 Å². The van der Waals surface area contributed by atoms with Gasteiger partial charge in [-0.25, -0.2) is 14.6 Å². The molecule has 0 radical (unpaired) electrons. The number of hydrogen-bond donors (Lipinski definition) is 3. The van der Waals surface area contributed by atoms with Crippen LogP contribution in [0.1, 0.15) is 26.4 Å². The molecule has 1 amide bonds. The zero-order valence-electron chi connectivity index (χ0n) is 11.8. The van der Waals surface area contributed by atoms with E-state index in [-0.39, 0.29) is 16.9 Å². The fourth-order valence-electron chi connectivity index (χ4n) is 1.79. The van der Waals surface area contributed by atoms with E-state index in [2.05, 4.69) is 10.3 Å². The minimum absolute atomic E-state index is 0.0219. The summed E-state index contributed by atoms with van der Waals surface area (Å²) in [6, 6.07) is 8.87. The number of hydrogen-bond acceptors (Lipinski definition) is 4. The molecular weight excluding hydrogens is 300 g/mol. The molecule has 1 aromatic heterocycles. The zero-order valence-corrected chi connectivity index (χ0v) is 11.8. The van der Waals surface area contributed by atoms with Gasteiger partial charge in [-0.05, 0) is 35.9 Å². The fourth-order valence-corrected chi connectivity index (χ4v) is 1.79. The second-order valence-electron chi connectivity index (χ2n) is 4.45. The molecule has 1 aromatic carbocycles. The number of carboxylic acids is 2. The fraction of sp³-hybridized carbons (Fsp3) is 0. The van der Waals surface area contributed by atoms with Gasteiger partial charge in [-0.1, -0.05) is 12.1 Å². The molecule has 3 N–H and O–H groups in total. The van der Waals surface area contributed by atoms with Gasteiger partial charge in [0.15, 0.2) is 0 Å². The summed E-state index contributed by atoms with van der Waals surface area (Å²) >= 11 is 0. The molecule has 0 saturated heterocycles. The standard InChI is InChI=1S/C16H12N2O5/c19-14(18-12-4-2-1-3-11(12)15(20)21)6-5-10-7-8-17-13(9-10)16(22)23/h1-9H,(H,18,19)(H,20,21)(H,22,23)/b6-5+. The lowest BCUT2D eigenvalue weighted by molar-refractivity contribution is -0.111. The zero-order chi connectivity index (χ0) is 16.8. The Morgan fingerprint density at radius 3 is 2.48 bits per heavy atom. The van der Waals surface area contributed by atoms with Crippen LogP contribution in [0, 0.1) is 0 Å². The van der Waals surface area contributed by atoms with Gasteiger partial charge in [-0.3, -0.25) is 4.79 Å². The monoisotopic (exact) mass is 312 g/mol. The van der Waals surface area contributed by atoms with Crippen LogP contribution in [0.4, 0.5) is 5.69 Å². The summed E-state index contributed by atoms with van der Waals surface area (Å²) in [5.74, 6) is -2.85. The molecule has 0 spiro atoms. The van der Waals surface area contributed by atoms with Crippen molar-refractivity contribution >= 4 is 29.6 Å². The number of nitrogens with one attached hydrogen (secondary N) is 1. The second kappa shape index (κ2) is 6.99. The summed E-state index contributed by atoms with van der Waals surface area (Å²) in [7, 11) is 0. The van der Waals surface area contributed by atoms with E-state index in [0.29, 0.717) is 5.56 Å². The molecule has 7 heteroatoms. The van der Waals surface area contributed by atoms with Crippen molar-refractivity contribution in [1.29, 1.82) is 0 Å². The summed E-state index contributed by atoms with van der Waals surface area (Å²) in [4.78, 5) is 37.4. The predicted octanol–water partition coefficient (Wildman–Crippen LogP) is 2.13. The van der Waals surface area contributed by atoms with Crippen LogP contribution in [0.2, 0.25) is 0 Å². The number of para-hydroxylation sites is 1. The molecular formula is C16H12N2O5. The molecule has 116 valence electrons.